The molecular formula is C9H10ClN3. The average molecular weight is 196 g/mol. The highest BCUT2D eigenvalue weighted by molar-refractivity contribution is 5.85. The molecule has 0 bridgehead atoms. The van der Waals surface area contributed by atoms with Crippen molar-refractivity contribution < 1.29 is 0 Å². The van der Waals surface area contributed by atoms with Crippen molar-refractivity contribution in [2.24, 2.45) is 0 Å². The number of nitrogens with zero attached hydrogens (tertiary/aromatic N) is 2. The number of anilines is 1. The molecule has 1 aromatic heterocycles. The molecule has 3 nitrogen and oxygen atoms in total. The van der Waals surface area contributed by atoms with Crippen molar-refractivity contribution in [3.63, 3.8) is 0 Å². The molecule has 1 aromatic carbocycles. The third-order valence-corrected chi connectivity index (χ3v) is 1.64. The highest BCUT2D eigenvalue weighted by atomic mass is 35.5. The van der Waals surface area contributed by atoms with Crippen molar-refractivity contribution in [3.05, 3.63) is 42.7 Å². The Morgan fingerprint density at radius 2 is 2.08 bits per heavy atom. The maximum absolute atomic E-state index is 5.62. The minimum Gasteiger partial charge on any atom is -0.399 e. The second kappa shape index (κ2) is 3.96. The van der Waals surface area contributed by atoms with Crippen molar-refractivity contribution in [3.8, 4) is 5.69 Å². The van der Waals surface area contributed by atoms with Crippen LogP contribution in [0.5, 0.6) is 0 Å². The van der Waals surface area contributed by atoms with Gasteiger partial charge in [-0.25, -0.2) is 4.68 Å². The molecule has 0 aliphatic heterocycles. The van der Waals surface area contributed by atoms with Crippen LogP contribution in [0.3, 0.4) is 0 Å². The Morgan fingerprint density at radius 3 is 2.69 bits per heavy atom. The fourth-order valence-corrected chi connectivity index (χ4v) is 1.09. The molecule has 0 atom stereocenters. The highest BCUT2D eigenvalue weighted by Crippen LogP contribution is 2.09. The third-order valence-electron chi connectivity index (χ3n) is 1.64. The van der Waals surface area contributed by atoms with E-state index in [1.807, 2.05) is 36.5 Å². The minimum atomic E-state index is 0. The molecule has 0 saturated carbocycles. The van der Waals surface area contributed by atoms with E-state index >= 15 is 0 Å². The normalized spacial score (nSPS) is 9.23. The third kappa shape index (κ3) is 2.00. The van der Waals surface area contributed by atoms with Gasteiger partial charge in [0, 0.05) is 18.1 Å². The summed E-state index contributed by atoms with van der Waals surface area (Å²) in [5, 5.41) is 4.09. The van der Waals surface area contributed by atoms with E-state index in [9.17, 15) is 0 Å². The molecule has 0 unspecified atom stereocenters. The van der Waals surface area contributed by atoms with Gasteiger partial charge in [0.1, 0.15) is 0 Å². The largest absolute Gasteiger partial charge is 0.399 e. The molecule has 0 saturated heterocycles. The summed E-state index contributed by atoms with van der Waals surface area (Å²) in [5.41, 5.74) is 7.36. The van der Waals surface area contributed by atoms with Gasteiger partial charge in [0.15, 0.2) is 0 Å². The van der Waals surface area contributed by atoms with Crippen molar-refractivity contribution in [2.75, 3.05) is 5.73 Å². The number of benzene rings is 1. The number of nitrogens with two attached hydrogens (primary N) is 1. The van der Waals surface area contributed by atoms with E-state index in [1.165, 1.54) is 0 Å². The summed E-state index contributed by atoms with van der Waals surface area (Å²) in [6.45, 7) is 0. The van der Waals surface area contributed by atoms with Gasteiger partial charge in [-0.3, -0.25) is 0 Å². The Labute approximate surface area is 82.6 Å². The van der Waals surface area contributed by atoms with Gasteiger partial charge in [-0.1, -0.05) is 6.07 Å². The van der Waals surface area contributed by atoms with Crippen LogP contribution in [0.2, 0.25) is 0 Å². The van der Waals surface area contributed by atoms with E-state index in [4.69, 9.17) is 5.73 Å². The van der Waals surface area contributed by atoms with Crippen LogP contribution in [0.15, 0.2) is 42.7 Å². The van der Waals surface area contributed by atoms with Gasteiger partial charge < -0.3 is 5.73 Å². The van der Waals surface area contributed by atoms with Crippen LogP contribution in [0.4, 0.5) is 5.69 Å². The van der Waals surface area contributed by atoms with Crippen molar-refractivity contribution in [1.29, 1.82) is 0 Å². The van der Waals surface area contributed by atoms with Crippen LogP contribution < -0.4 is 5.73 Å². The first-order chi connectivity index (χ1) is 5.86. The lowest BCUT2D eigenvalue weighted by atomic mass is 10.3. The summed E-state index contributed by atoms with van der Waals surface area (Å²) in [5.74, 6) is 0. The van der Waals surface area contributed by atoms with Crippen LogP contribution >= 0.6 is 12.4 Å². The van der Waals surface area contributed by atoms with E-state index in [2.05, 4.69) is 5.10 Å². The first-order valence-electron chi connectivity index (χ1n) is 3.72. The molecule has 1 heterocycles. The summed E-state index contributed by atoms with van der Waals surface area (Å²) < 4.78 is 1.77. The molecule has 0 fully saturated rings. The van der Waals surface area contributed by atoms with Gasteiger partial charge in [-0.2, -0.15) is 5.10 Å². The van der Waals surface area contributed by atoms with Crippen LogP contribution in [0.1, 0.15) is 0 Å². The first-order valence-corrected chi connectivity index (χ1v) is 3.72. The van der Waals surface area contributed by atoms with Crippen molar-refractivity contribution >= 4 is 18.1 Å². The molecule has 2 N–H and O–H groups in total. The topological polar surface area (TPSA) is 43.8 Å². The van der Waals surface area contributed by atoms with E-state index < -0.39 is 0 Å². The summed E-state index contributed by atoms with van der Waals surface area (Å²) in [4.78, 5) is 0. The molecule has 2 rings (SSSR count). The monoisotopic (exact) mass is 195 g/mol. The van der Waals surface area contributed by atoms with Crippen molar-refractivity contribution in [2.45, 2.75) is 0 Å². The Bertz CT molecular complexity index is 370. The molecule has 0 radical (unpaired) electrons. The summed E-state index contributed by atoms with van der Waals surface area (Å²) in [7, 11) is 0. The van der Waals surface area contributed by atoms with E-state index in [0.29, 0.717) is 0 Å². The van der Waals surface area contributed by atoms with E-state index in [1.54, 1.807) is 10.9 Å². The number of rotatable bonds is 1. The van der Waals surface area contributed by atoms with Crippen LogP contribution in [-0.2, 0) is 0 Å². The lowest BCUT2D eigenvalue weighted by molar-refractivity contribution is 0.881. The summed E-state index contributed by atoms with van der Waals surface area (Å²) in [6.07, 6.45) is 3.62. The Kier molecular flexibility index (Phi) is 2.93. The molecular weight excluding hydrogens is 186 g/mol. The van der Waals surface area contributed by atoms with Crippen molar-refractivity contribution in [1.82, 2.24) is 9.78 Å². The fraction of sp³-hybridized carbons (Fsp3) is 0. The molecule has 0 spiro atoms. The predicted octanol–water partition coefficient (Wildman–Crippen LogP) is 1.88. The number of nitrogen functional groups attached to an aromatic ring is 1. The predicted molar refractivity (Wildman–Crippen MR) is 55.2 cm³/mol. The number of hydrogen-bond acceptors (Lipinski definition) is 2. The molecule has 68 valence electrons. The maximum Gasteiger partial charge on any atom is 0.0666 e. The van der Waals surface area contributed by atoms with Gasteiger partial charge in [-0.15, -0.1) is 12.4 Å². The number of halogens is 1. The zero-order valence-electron chi connectivity index (χ0n) is 6.92. The molecule has 4 heteroatoms. The molecule has 0 amide bonds. The molecule has 2 aromatic rings. The average Bonchev–Trinajstić information content (AvgIpc) is 2.56. The SMILES string of the molecule is Cl.Nc1cccc(-n2cccn2)c1. The summed E-state index contributed by atoms with van der Waals surface area (Å²) in [6, 6.07) is 9.49. The second-order valence-corrected chi connectivity index (χ2v) is 2.55. The molecule has 0 aliphatic carbocycles. The molecule has 0 aliphatic rings. The lowest BCUT2D eigenvalue weighted by Gasteiger charge is -2.00. The van der Waals surface area contributed by atoms with Gasteiger partial charge in [0.25, 0.3) is 0 Å². The standard InChI is InChI=1S/C9H9N3.ClH/c10-8-3-1-4-9(7-8)12-6-2-5-11-12;/h1-7H,10H2;1H. The van der Waals surface area contributed by atoms with Gasteiger partial charge in [0.2, 0.25) is 0 Å². The van der Waals surface area contributed by atoms with E-state index in [-0.39, 0.29) is 12.4 Å². The second-order valence-electron chi connectivity index (χ2n) is 2.55. The van der Waals surface area contributed by atoms with Crippen LogP contribution in [0.25, 0.3) is 5.69 Å². The maximum atomic E-state index is 5.62. The zero-order chi connectivity index (χ0) is 8.39. The quantitative estimate of drug-likeness (QED) is 0.707. The zero-order valence-corrected chi connectivity index (χ0v) is 7.74. The molecule has 13 heavy (non-hydrogen) atoms. The van der Waals surface area contributed by atoms with Gasteiger partial charge in [-0.05, 0) is 24.3 Å². The summed E-state index contributed by atoms with van der Waals surface area (Å²) >= 11 is 0. The lowest BCUT2D eigenvalue weighted by Crippen LogP contribution is -1.94. The van der Waals surface area contributed by atoms with Gasteiger partial charge >= 0.3 is 0 Å². The fourth-order valence-electron chi connectivity index (χ4n) is 1.09. The number of hydrogen-bond donors (Lipinski definition) is 1. The van der Waals surface area contributed by atoms with Crippen LogP contribution in [-0.4, -0.2) is 9.78 Å². The Balaban J connectivity index is 0.000000845. The van der Waals surface area contributed by atoms with Gasteiger partial charge in [0.05, 0.1) is 5.69 Å². The van der Waals surface area contributed by atoms with E-state index in [0.717, 1.165) is 11.4 Å². The Hall–Kier alpha value is -1.48. The highest BCUT2D eigenvalue weighted by Gasteiger charge is 1.94. The number of aromatic nitrogens is 2. The Morgan fingerprint density at radius 1 is 1.23 bits per heavy atom. The minimum absolute atomic E-state index is 0. The van der Waals surface area contributed by atoms with Crippen LogP contribution in [0, 0.1) is 0 Å². The smallest absolute Gasteiger partial charge is 0.0666 e. The first kappa shape index (κ1) is 9.61.